The van der Waals surface area contributed by atoms with Gasteiger partial charge < -0.3 is 18.9 Å². The minimum Gasteiger partial charge on any atom is -0.497 e. The van der Waals surface area contributed by atoms with Crippen LogP contribution in [0.25, 0.3) is 0 Å². The second-order valence-electron chi connectivity index (χ2n) is 5.90. The molecule has 0 atom stereocenters. The van der Waals surface area contributed by atoms with Crippen molar-refractivity contribution in [2.24, 2.45) is 0 Å². The van der Waals surface area contributed by atoms with Crippen molar-refractivity contribution in [1.82, 2.24) is 4.98 Å². The Kier molecular flexibility index (Phi) is 6.32. The number of methoxy groups -OCH3 is 2. The highest BCUT2D eigenvalue weighted by molar-refractivity contribution is 5.42. The highest BCUT2D eigenvalue weighted by Gasteiger charge is 2.09. The molecule has 1 aromatic heterocycles. The second kappa shape index (κ2) is 9.28. The Balaban J connectivity index is 1.65. The van der Waals surface area contributed by atoms with Crippen LogP contribution in [0.5, 0.6) is 23.0 Å². The van der Waals surface area contributed by atoms with E-state index in [0.717, 1.165) is 22.6 Å². The highest BCUT2D eigenvalue weighted by atomic mass is 16.5. The van der Waals surface area contributed by atoms with Crippen LogP contribution in [0.4, 0.5) is 0 Å². The SMILES string of the molecule is COc1ccc(COc2cnc(C#N)c(OCc3ccc(OC)cc3)c2)cc1. The van der Waals surface area contributed by atoms with Crippen LogP contribution in [0.3, 0.4) is 0 Å². The van der Waals surface area contributed by atoms with E-state index >= 15 is 0 Å². The number of hydrogen-bond donors (Lipinski definition) is 0. The van der Waals surface area contributed by atoms with Crippen molar-refractivity contribution in [2.45, 2.75) is 13.2 Å². The first-order chi connectivity index (χ1) is 13.7. The molecule has 6 nitrogen and oxygen atoms in total. The van der Waals surface area contributed by atoms with E-state index in [-0.39, 0.29) is 5.69 Å². The first-order valence-corrected chi connectivity index (χ1v) is 8.63. The molecule has 0 aliphatic carbocycles. The summed E-state index contributed by atoms with van der Waals surface area (Å²) < 4.78 is 21.9. The molecule has 0 radical (unpaired) electrons. The minimum atomic E-state index is 0.213. The largest absolute Gasteiger partial charge is 0.497 e. The molecule has 0 saturated heterocycles. The predicted molar refractivity (Wildman–Crippen MR) is 104 cm³/mol. The van der Waals surface area contributed by atoms with Gasteiger partial charge >= 0.3 is 0 Å². The quantitative estimate of drug-likeness (QED) is 0.589. The summed E-state index contributed by atoms with van der Waals surface area (Å²) in [6.07, 6.45) is 1.52. The van der Waals surface area contributed by atoms with Gasteiger partial charge in [-0.25, -0.2) is 4.98 Å². The lowest BCUT2D eigenvalue weighted by atomic mass is 10.2. The molecule has 28 heavy (non-hydrogen) atoms. The van der Waals surface area contributed by atoms with E-state index in [0.29, 0.717) is 24.7 Å². The first-order valence-electron chi connectivity index (χ1n) is 8.63. The van der Waals surface area contributed by atoms with Crippen molar-refractivity contribution in [3.8, 4) is 29.1 Å². The molecule has 0 aliphatic heterocycles. The molecule has 2 aromatic carbocycles. The van der Waals surface area contributed by atoms with Crippen LogP contribution in [-0.4, -0.2) is 19.2 Å². The fourth-order valence-electron chi connectivity index (χ4n) is 2.47. The van der Waals surface area contributed by atoms with Crippen molar-refractivity contribution in [2.75, 3.05) is 14.2 Å². The molecule has 0 amide bonds. The van der Waals surface area contributed by atoms with Crippen LogP contribution in [0, 0.1) is 11.3 Å². The number of hydrogen-bond acceptors (Lipinski definition) is 6. The Labute approximate surface area is 163 Å². The van der Waals surface area contributed by atoms with Crippen LogP contribution in [-0.2, 0) is 13.2 Å². The average molecular weight is 376 g/mol. The van der Waals surface area contributed by atoms with Gasteiger partial charge in [-0.15, -0.1) is 0 Å². The van der Waals surface area contributed by atoms with Crippen LogP contribution in [0.15, 0.2) is 60.8 Å². The lowest BCUT2D eigenvalue weighted by Crippen LogP contribution is -2.01. The molecule has 0 unspecified atom stereocenters. The maximum absolute atomic E-state index is 9.27. The Morgan fingerprint density at radius 2 is 1.32 bits per heavy atom. The third kappa shape index (κ3) is 4.92. The molecule has 142 valence electrons. The van der Waals surface area contributed by atoms with Gasteiger partial charge in [-0.2, -0.15) is 5.26 Å². The van der Waals surface area contributed by atoms with Gasteiger partial charge in [0.1, 0.15) is 36.5 Å². The van der Waals surface area contributed by atoms with Gasteiger partial charge in [-0.05, 0) is 35.4 Å². The molecule has 0 saturated carbocycles. The second-order valence-corrected chi connectivity index (χ2v) is 5.90. The Morgan fingerprint density at radius 1 is 0.786 bits per heavy atom. The first kappa shape index (κ1) is 19.1. The van der Waals surface area contributed by atoms with Gasteiger partial charge in [0.2, 0.25) is 0 Å². The molecule has 0 spiro atoms. The molecule has 6 heteroatoms. The van der Waals surface area contributed by atoms with Gasteiger partial charge in [0.25, 0.3) is 0 Å². The number of nitrogens with zero attached hydrogens (tertiary/aromatic N) is 2. The smallest absolute Gasteiger partial charge is 0.182 e. The molecule has 1 heterocycles. The monoisotopic (exact) mass is 376 g/mol. The average Bonchev–Trinajstić information content (AvgIpc) is 2.77. The number of aromatic nitrogens is 1. The van der Waals surface area contributed by atoms with E-state index < -0.39 is 0 Å². The van der Waals surface area contributed by atoms with Crippen LogP contribution >= 0.6 is 0 Å². The molecule has 3 aromatic rings. The van der Waals surface area contributed by atoms with Crippen LogP contribution in [0.2, 0.25) is 0 Å². The molecule has 3 rings (SSSR count). The van der Waals surface area contributed by atoms with E-state index in [4.69, 9.17) is 18.9 Å². The Morgan fingerprint density at radius 3 is 1.82 bits per heavy atom. The van der Waals surface area contributed by atoms with Crippen molar-refractivity contribution < 1.29 is 18.9 Å². The number of nitriles is 1. The summed E-state index contributed by atoms with van der Waals surface area (Å²) in [5, 5.41) is 9.27. The van der Waals surface area contributed by atoms with Gasteiger partial charge in [0, 0.05) is 6.07 Å². The lowest BCUT2D eigenvalue weighted by molar-refractivity contribution is 0.287. The Bertz CT molecular complexity index is 948. The Hall–Kier alpha value is -3.72. The molecule has 0 N–H and O–H groups in total. The minimum absolute atomic E-state index is 0.213. The lowest BCUT2D eigenvalue weighted by Gasteiger charge is -2.11. The summed E-state index contributed by atoms with van der Waals surface area (Å²) in [5.41, 5.74) is 2.16. The standard InChI is InChI=1S/C22H20N2O4/c1-25-18-7-3-16(4-8-18)14-27-20-11-22(21(12-23)24-13-20)28-15-17-5-9-19(26-2)10-6-17/h3-11,13H,14-15H2,1-2H3. The zero-order valence-electron chi connectivity index (χ0n) is 15.7. The fraction of sp³-hybridized carbons (Fsp3) is 0.182. The molecular weight excluding hydrogens is 356 g/mol. The maximum atomic E-state index is 9.27. The van der Waals surface area contributed by atoms with Gasteiger partial charge in [0.05, 0.1) is 20.4 Å². The number of rotatable bonds is 8. The molecular formula is C22H20N2O4. The van der Waals surface area contributed by atoms with E-state index in [1.807, 2.05) is 54.6 Å². The number of ether oxygens (including phenoxy) is 4. The van der Waals surface area contributed by atoms with Crippen molar-refractivity contribution in [1.29, 1.82) is 5.26 Å². The summed E-state index contributed by atoms with van der Waals surface area (Å²) in [6, 6.07) is 18.8. The maximum Gasteiger partial charge on any atom is 0.182 e. The topological polar surface area (TPSA) is 73.6 Å². The number of pyridine rings is 1. The summed E-state index contributed by atoms with van der Waals surface area (Å²) in [5.74, 6) is 2.47. The molecule has 0 fully saturated rings. The van der Waals surface area contributed by atoms with E-state index in [2.05, 4.69) is 4.98 Å². The fourth-order valence-corrected chi connectivity index (χ4v) is 2.47. The van der Waals surface area contributed by atoms with Crippen LogP contribution in [0.1, 0.15) is 16.8 Å². The normalized spacial score (nSPS) is 10.0. The van der Waals surface area contributed by atoms with E-state index in [1.54, 1.807) is 20.3 Å². The third-order valence-corrected chi connectivity index (χ3v) is 4.05. The van der Waals surface area contributed by atoms with E-state index in [1.165, 1.54) is 6.20 Å². The predicted octanol–water partition coefficient (Wildman–Crippen LogP) is 4.13. The highest BCUT2D eigenvalue weighted by Crippen LogP contribution is 2.24. The van der Waals surface area contributed by atoms with Crippen LogP contribution < -0.4 is 18.9 Å². The van der Waals surface area contributed by atoms with Crippen molar-refractivity contribution in [3.05, 3.63) is 77.6 Å². The summed E-state index contributed by atoms with van der Waals surface area (Å²) in [4.78, 5) is 4.13. The van der Waals surface area contributed by atoms with Gasteiger partial charge in [0.15, 0.2) is 11.4 Å². The van der Waals surface area contributed by atoms with Gasteiger partial charge in [-0.1, -0.05) is 24.3 Å². The summed E-state index contributed by atoms with van der Waals surface area (Å²) in [7, 11) is 3.25. The van der Waals surface area contributed by atoms with Crippen molar-refractivity contribution in [3.63, 3.8) is 0 Å². The van der Waals surface area contributed by atoms with Gasteiger partial charge in [-0.3, -0.25) is 0 Å². The number of benzene rings is 2. The third-order valence-electron chi connectivity index (χ3n) is 4.05. The summed E-state index contributed by atoms with van der Waals surface area (Å²) in [6.45, 7) is 0.678. The molecule has 0 aliphatic rings. The van der Waals surface area contributed by atoms with E-state index in [9.17, 15) is 5.26 Å². The summed E-state index contributed by atoms with van der Waals surface area (Å²) >= 11 is 0. The zero-order chi connectivity index (χ0) is 19.8. The zero-order valence-corrected chi connectivity index (χ0v) is 15.7. The van der Waals surface area contributed by atoms with Crippen molar-refractivity contribution >= 4 is 0 Å². The molecule has 0 bridgehead atoms.